The number of aromatic nitrogens is 4. The van der Waals surface area contributed by atoms with Gasteiger partial charge in [-0.3, -0.25) is 9.29 Å². The molecule has 2 aromatic heterocycles. The van der Waals surface area contributed by atoms with Crippen molar-refractivity contribution < 1.29 is 22.3 Å². The lowest BCUT2D eigenvalue weighted by Crippen LogP contribution is -2.21. The van der Waals surface area contributed by atoms with Crippen molar-refractivity contribution in [3.8, 4) is 34.1 Å². The molecule has 10 nitrogen and oxygen atoms in total. The van der Waals surface area contributed by atoms with Gasteiger partial charge in [-0.05, 0) is 43.2 Å². The second kappa shape index (κ2) is 10.3. The number of ether oxygens (including phenoxy) is 2. The Morgan fingerprint density at radius 1 is 1.17 bits per heavy atom. The van der Waals surface area contributed by atoms with E-state index < -0.39 is 15.8 Å². The van der Waals surface area contributed by atoms with Crippen LogP contribution < -0.4 is 14.2 Å². The Balaban J connectivity index is 1.75. The Morgan fingerprint density at radius 2 is 1.89 bits per heavy atom. The minimum atomic E-state index is -3.98. The summed E-state index contributed by atoms with van der Waals surface area (Å²) in [5, 5.41) is 19.9. The second-order valence-corrected chi connectivity index (χ2v) is 10.3. The van der Waals surface area contributed by atoms with Crippen molar-refractivity contribution in [1.29, 1.82) is 5.26 Å². The van der Waals surface area contributed by atoms with Gasteiger partial charge < -0.3 is 9.47 Å². The molecule has 0 atom stereocenters. The number of halogens is 1. The van der Waals surface area contributed by atoms with E-state index in [1.165, 1.54) is 42.3 Å². The third-order valence-electron chi connectivity index (χ3n) is 5.18. The molecule has 0 fully saturated rings. The van der Waals surface area contributed by atoms with E-state index in [0.29, 0.717) is 33.6 Å². The zero-order valence-electron chi connectivity index (χ0n) is 19.5. The van der Waals surface area contributed by atoms with Crippen LogP contribution in [0.3, 0.4) is 0 Å². The molecule has 186 valence electrons. The van der Waals surface area contributed by atoms with Gasteiger partial charge in [0, 0.05) is 11.1 Å². The Labute approximate surface area is 211 Å². The van der Waals surface area contributed by atoms with Gasteiger partial charge >= 0.3 is 0 Å². The highest BCUT2D eigenvalue weighted by molar-refractivity contribution is 7.92. The normalized spacial score (nSPS) is 11.2. The van der Waals surface area contributed by atoms with Crippen LogP contribution in [0.25, 0.3) is 16.5 Å². The van der Waals surface area contributed by atoms with Gasteiger partial charge in [-0.15, -0.1) is 21.5 Å². The maximum Gasteiger partial charge on any atom is 0.243 e. The van der Waals surface area contributed by atoms with Gasteiger partial charge in [0.15, 0.2) is 10.8 Å². The van der Waals surface area contributed by atoms with Crippen molar-refractivity contribution in [3.05, 3.63) is 64.4 Å². The van der Waals surface area contributed by atoms with E-state index in [1.807, 2.05) is 18.4 Å². The molecular weight excluding hydrogens is 507 g/mol. The lowest BCUT2D eigenvalue weighted by Gasteiger charge is -2.17. The molecule has 1 N–H and O–H groups in total. The van der Waals surface area contributed by atoms with E-state index in [1.54, 1.807) is 18.2 Å². The summed E-state index contributed by atoms with van der Waals surface area (Å²) in [6, 6.07) is 10.7. The van der Waals surface area contributed by atoms with E-state index in [0.717, 1.165) is 11.8 Å². The third-order valence-corrected chi connectivity index (χ3v) is 7.37. The predicted octanol–water partition coefficient (Wildman–Crippen LogP) is 3.71. The topological polar surface area (TPSA) is 132 Å². The number of nitriles is 1. The first kappa shape index (κ1) is 25.1. The number of methoxy groups -OCH3 is 2. The zero-order chi connectivity index (χ0) is 25.9. The smallest absolute Gasteiger partial charge is 0.243 e. The molecule has 0 aliphatic rings. The number of rotatable bonds is 9. The van der Waals surface area contributed by atoms with E-state index in [9.17, 15) is 18.1 Å². The number of nitrogens with zero attached hydrogens (tertiary/aromatic N) is 5. The summed E-state index contributed by atoms with van der Waals surface area (Å²) < 4.78 is 54.6. The van der Waals surface area contributed by atoms with Crippen molar-refractivity contribution in [1.82, 2.24) is 19.7 Å². The number of nitrogens with one attached hydrogen (secondary N) is 1. The standard InChI is InChI=1S/C23H21FN6O4S2/c1-14-13-35-22(26-14)21-27-28-23(30(21)20-18(33-2)5-4-6-19(20)34-3)29-36(31,32)10-9-15-7-8-17(24)11-16(15)12-25/h4-8,11,13H,9-10H2,1-3H3,(H,28,29). The van der Waals surface area contributed by atoms with Crippen molar-refractivity contribution >= 4 is 27.3 Å². The number of aryl methyl sites for hydroxylation is 2. The molecule has 0 saturated heterocycles. The number of benzene rings is 2. The number of hydrogen-bond acceptors (Lipinski definition) is 9. The fraction of sp³-hybridized carbons (Fsp3) is 0.217. The number of hydrogen-bond donors (Lipinski definition) is 1. The van der Waals surface area contributed by atoms with Crippen molar-refractivity contribution in [3.63, 3.8) is 0 Å². The van der Waals surface area contributed by atoms with Crippen LogP contribution in [0, 0.1) is 24.1 Å². The Hall–Kier alpha value is -4.02. The second-order valence-electron chi connectivity index (χ2n) is 7.57. The fourth-order valence-electron chi connectivity index (χ4n) is 3.51. The molecule has 0 aliphatic carbocycles. The van der Waals surface area contributed by atoms with Crippen molar-refractivity contribution in [2.75, 3.05) is 24.7 Å². The van der Waals surface area contributed by atoms with Crippen LogP contribution in [0.15, 0.2) is 41.8 Å². The molecular formula is C23H21FN6O4S2. The molecule has 2 heterocycles. The van der Waals surface area contributed by atoms with Crippen LogP contribution in [-0.2, 0) is 16.4 Å². The average Bonchev–Trinajstić information content (AvgIpc) is 3.47. The number of thiazole rings is 1. The summed E-state index contributed by atoms with van der Waals surface area (Å²) >= 11 is 1.33. The van der Waals surface area contributed by atoms with E-state index in [-0.39, 0.29) is 23.7 Å². The predicted molar refractivity (Wildman–Crippen MR) is 133 cm³/mol. The van der Waals surface area contributed by atoms with Gasteiger partial charge in [0.1, 0.15) is 23.0 Å². The van der Waals surface area contributed by atoms with Crippen LogP contribution in [0.4, 0.5) is 10.3 Å². The summed E-state index contributed by atoms with van der Waals surface area (Å²) in [4.78, 5) is 4.47. The van der Waals surface area contributed by atoms with Crippen LogP contribution in [0.5, 0.6) is 11.5 Å². The Morgan fingerprint density at radius 3 is 2.50 bits per heavy atom. The summed E-state index contributed by atoms with van der Waals surface area (Å²) in [5.41, 5.74) is 1.65. The van der Waals surface area contributed by atoms with Gasteiger partial charge in [0.2, 0.25) is 16.0 Å². The summed E-state index contributed by atoms with van der Waals surface area (Å²) in [7, 11) is -1.01. The lowest BCUT2D eigenvalue weighted by molar-refractivity contribution is 0.391. The molecule has 36 heavy (non-hydrogen) atoms. The van der Waals surface area contributed by atoms with Crippen molar-refractivity contribution in [2.24, 2.45) is 0 Å². The molecule has 0 aliphatic heterocycles. The quantitative estimate of drug-likeness (QED) is 0.348. The van der Waals surface area contributed by atoms with E-state index in [4.69, 9.17) is 9.47 Å². The van der Waals surface area contributed by atoms with Gasteiger partial charge in [0.25, 0.3) is 0 Å². The summed E-state index contributed by atoms with van der Waals surface area (Å²) in [6.07, 6.45) is -0.0108. The van der Waals surface area contributed by atoms with Gasteiger partial charge in [0.05, 0.1) is 31.6 Å². The highest BCUT2D eigenvalue weighted by Crippen LogP contribution is 2.38. The molecule has 13 heteroatoms. The molecule has 0 saturated carbocycles. The van der Waals surface area contributed by atoms with Crippen LogP contribution in [-0.4, -0.2) is 48.1 Å². The van der Waals surface area contributed by atoms with E-state index >= 15 is 0 Å². The minimum absolute atomic E-state index is 0.0108. The van der Waals surface area contributed by atoms with E-state index in [2.05, 4.69) is 19.9 Å². The molecule has 2 aromatic carbocycles. The Kier molecular flexibility index (Phi) is 7.18. The first-order valence-corrected chi connectivity index (χ1v) is 13.1. The average molecular weight is 529 g/mol. The summed E-state index contributed by atoms with van der Waals surface area (Å²) in [6.45, 7) is 1.83. The van der Waals surface area contributed by atoms with Crippen LogP contribution in [0.1, 0.15) is 16.8 Å². The number of anilines is 1. The summed E-state index contributed by atoms with van der Waals surface area (Å²) in [5.74, 6) is 0.0389. The maximum atomic E-state index is 13.4. The first-order chi connectivity index (χ1) is 17.3. The highest BCUT2D eigenvalue weighted by atomic mass is 32.2. The lowest BCUT2D eigenvalue weighted by atomic mass is 10.1. The molecule has 4 aromatic rings. The maximum absolute atomic E-state index is 13.4. The molecule has 0 amide bonds. The highest BCUT2D eigenvalue weighted by Gasteiger charge is 2.26. The van der Waals surface area contributed by atoms with Gasteiger partial charge in [-0.1, -0.05) is 12.1 Å². The van der Waals surface area contributed by atoms with Crippen LogP contribution >= 0.6 is 11.3 Å². The molecule has 4 rings (SSSR count). The third kappa shape index (κ3) is 5.14. The monoisotopic (exact) mass is 528 g/mol. The minimum Gasteiger partial charge on any atom is -0.494 e. The van der Waals surface area contributed by atoms with Crippen LogP contribution in [0.2, 0.25) is 0 Å². The molecule has 0 spiro atoms. The number of para-hydroxylation sites is 1. The molecule has 0 bridgehead atoms. The number of sulfonamides is 1. The molecule has 0 unspecified atom stereocenters. The first-order valence-electron chi connectivity index (χ1n) is 10.5. The largest absolute Gasteiger partial charge is 0.494 e. The van der Waals surface area contributed by atoms with Crippen molar-refractivity contribution in [2.45, 2.75) is 13.3 Å². The van der Waals surface area contributed by atoms with Gasteiger partial charge in [-0.2, -0.15) is 5.26 Å². The zero-order valence-corrected chi connectivity index (χ0v) is 21.2. The Bertz CT molecular complexity index is 1540. The van der Waals surface area contributed by atoms with Gasteiger partial charge in [-0.25, -0.2) is 17.8 Å². The fourth-order valence-corrected chi connectivity index (χ4v) is 5.28. The molecule has 0 radical (unpaired) electrons. The SMILES string of the molecule is COc1cccc(OC)c1-n1c(NS(=O)(=O)CCc2ccc(F)cc2C#N)nnc1-c1nc(C)cs1.